The molecule has 0 spiro atoms. The summed E-state index contributed by atoms with van der Waals surface area (Å²) in [6.07, 6.45) is 0. The van der Waals surface area contributed by atoms with E-state index in [0.29, 0.717) is 5.69 Å². The normalized spacial score (nSPS) is 12.2. The number of hydrogen-bond acceptors (Lipinski definition) is 4. The summed E-state index contributed by atoms with van der Waals surface area (Å²) in [7, 11) is -2.14. The van der Waals surface area contributed by atoms with Gasteiger partial charge in [0.1, 0.15) is 6.61 Å². The highest BCUT2D eigenvalue weighted by molar-refractivity contribution is 7.89. The van der Waals surface area contributed by atoms with E-state index in [1.54, 1.807) is 20.8 Å². The lowest BCUT2D eigenvalue weighted by molar-refractivity contribution is -0.119. The molecule has 1 aromatic carbocycles. The second-order valence-corrected chi connectivity index (χ2v) is 7.04. The fourth-order valence-corrected chi connectivity index (χ4v) is 2.93. The Morgan fingerprint density at radius 3 is 2.20 bits per heavy atom. The number of anilines is 1. The molecule has 0 heterocycles. The van der Waals surface area contributed by atoms with Crippen molar-refractivity contribution in [3.8, 4) is 0 Å². The third kappa shape index (κ3) is 5.28. The minimum Gasteiger partial charge on any atom is -0.375 e. The van der Waals surface area contributed by atoms with Gasteiger partial charge in [-0.05, 0) is 45.0 Å². The molecule has 1 amide bonds. The molecule has 0 saturated carbocycles. The maximum atomic E-state index is 12.1. The van der Waals surface area contributed by atoms with Crippen LogP contribution in [0.25, 0.3) is 0 Å². The summed E-state index contributed by atoms with van der Waals surface area (Å²) >= 11 is 0. The first-order chi connectivity index (χ1) is 9.14. The lowest BCUT2D eigenvalue weighted by Crippen LogP contribution is -2.40. The molecular formula is C13H20N2O4S. The van der Waals surface area contributed by atoms with Gasteiger partial charge in [0.05, 0.1) is 4.90 Å². The molecule has 112 valence electrons. The Morgan fingerprint density at radius 2 is 1.75 bits per heavy atom. The summed E-state index contributed by atoms with van der Waals surface area (Å²) in [5.74, 6) is -0.295. The largest absolute Gasteiger partial charge is 0.375 e. The number of hydrogen-bond donors (Lipinski definition) is 2. The van der Waals surface area contributed by atoms with Crippen LogP contribution in [0.4, 0.5) is 5.69 Å². The first-order valence-corrected chi connectivity index (χ1v) is 7.55. The number of carbonyl (C=O) groups is 1. The van der Waals surface area contributed by atoms with Crippen molar-refractivity contribution in [1.29, 1.82) is 0 Å². The van der Waals surface area contributed by atoms with Crippen LogP contribution in [0, 0.1) is 0 Å². The fraction of sp³-hybridized carbons (Fsp3) is 0.462. The number of methoxy groups -OCH3 is 1. The van der Waals surface area contributed by atoms with Crippen LogP contribution in [-0.2, 0) is 19.6 Å². The number of sulfonamides is 1. The third-order valence-electron chi connectivity index (χ3n) is 2.16. The molecule has 0 aliphatic heterocycles. The average Bonchev–Trinajstić information content (AvgIpc) is 2.26. The van der Waals surface area contributed by atoms with E-state index in [4.69, 9.17) is 4.74 Å². The molecule has 0 aliphatic carbocycles. The van der Waals surface area contributed by atoms with E-state index < -0.39 is 15.6 Å². The summed E-state index contributed by atoms with van der Waals surface area (Å²) < 4.78 is 31.4. The van der Waals surface area contributed by atoms with Crippen molar-refractivity contribution in [2.24, 2.45) is 0 Å². The minimum absolute atomic E-state index is 0.0500. The van der Waals surface area contributed by atoms with Crippen LogP contribution in [0.5, 0.6) is 0 Å². The molecular weight excluding hydrogens is 280 g/mol. The van der Waals surface area contributed by atoms with Crippen LogP contribution in [0.2, 0.25) is 0 Å². The zero-order valence-electron chi connectivity index (χ0n) is 12.1. The maximum Gasteiger partial charge on any atom is 0.250 e. The molecule has 0 aliphatic rings. The van der Waals surface area contributed by atoms with E-state index in [1.165, 1.54) is 31.4 Å². The van der Waals surface area contributed by atoms with Crippen LogP contribution in [0.1, 0.15) is 20.8 Å². The van der Waals surface area contributed by atoms with Crippen molar-refractivity contribution >= 4 is 21.6 Å². The van der Waals surface area contributed by atoms with Crippen molar-refractivity contribution in [2.45, 2.75) is 31.2 Å². The topological polar surface area (TPSA) is 84.5 Å². The molecule has 0 aromatic heterocycles. The van der Waals surface area contributed by atoms with Crippen LogP contribution in [-0.4, -0.2) is 33.6 Å². The van der Waals surface area contributed by atoms with Gasteiger partial charge in [0.2, 0.25) is 15.9 Å². The summed E-state index contributed by atoms with van der Waals surface area (Å²) in [4.78, 5) is 11.5. The summed E-state index contributed by atoms with van der Waals surface area (Å²) in [6.45, 7) is 5.25. The van der Waals surface area contributed by atoms with Gasteiger partial charge in [-0.25, -0.2) is 13.1 Å². The maximum absolute atomic E-state index is 12.1. The first-order valence-electron chi connectivity index (χ1n) is 6.07. The van der Waals surface area contributed by atoms with Crippen LogP contribution < -0.4 is 10.0 Å². The predicted molar refractivity (Wildman–Crippen MR) is 77.0 cm³/mol. The molecule has 0 atom stereocenters. The number of rotatable bonds is 5. The van der Waals surface area contributed by atoms with Crippen molar-refractivity contribution < 1.29 is 17.9 Å². The molecule has 0 fully saturated rings. The Hall–Kier alpha value is -1.44. The molecule has 0 saturated heterocycles. The number of nitrogens with one attached hydrogen (secondary N) is 2. The van der Waals surface area contributed by atoms with Gasteiger partial charge in [0, 0.05) is 18.3 Å². The molecule has 6 nitrogen and oxygen atoms in total. The number of carbonyl (C=O) groups excluding carboxylic acids is 1. The highest BCUT2D eigenvalue weighted by Crippen LogP contribution is 2.16. The molecule has 0 unspecified atom stereocenters. The van der Waals surface area contributed by atoms with Gasteiger partial charge in [-0.3, -0.25) is 4.79 Å². The molecule has 20 heavy (non-hydrogen) atoms. The van der Waals surface area contributed by atoms with E-state index in [2.05, 4.69) is 10.0 Å². The molecule has 1 aromatic rings. The summed E-state index contributed by atoms with van der Waals surface area (Å²) in [6, 6.07) is 5.95. The highest BCUT2D eigenvalue weighted by Gasteiger charge is 2.21. The van der Waals surface area contributed by atoms with Crippen molar-refractivity contribution in [3.63, 3.8) is 0 Å². The molecule has 1 rings (SSSR count). The second kappa shape index (κ2) is 6.34. The van der Waals surface area contributed by atoms with Crippen molar-refractivity contribution in [1.82, 2.24) is 4.72 Å². The van der Waals surface area contributed by atoms with Crippen molar-refractivity contribution in [2.75, 3.05) is 19.0 Å². The van der Waals surface area contributed by atoms with E-state index >= 15 is 0 Å². The van der Waals surface area contributed by atoms with Crippen LogP contribution >= 0.6 is 0 Å². The van der Waals surface area contributed by atoms with Gasteiger partial charge in [0.25, 0.3) is 0 Å². The average molecular weight is 300 g/mol. The fourth-order valence-electron chi connectivity index (χ4n) is 1.51. The van der Waals surface area contributed by atoms with Gasteiger partial charge in [0.15, 0.2) is 0 Å². The monoisotopic (exact) mass is 300 g/mol. The highest BCUT2D eigenvalue weighted by atomic mass is 32.2. The van der Waals surface area contributed by atoms with Gasteiger partial charge in [-0.1, -0.05) is 0 Å². The Kier molecular flexibility index (Phi) is 5.27. The van der Waals surface area contributed by atoms with Gasteiger partial charge in [-0.15, -0.1) is 0 Å². The van der Waals surface area contributed by atoms with E-state index in [0.717, 1.165) is 0 Å². The SMILES string of the molecule is COCC(=O)Nc1ccc(S(=O)(=O)NC(C)(C)C)cc1. The minimum atomic E-state index is -3.56. The molecule has 0 radical (unpaired) electrons. The molecule has 2 N–H and O–H groups in total. The quantitative estimate of drug-likeness (QED) is 0.859. The second-order valence-electron chi connectivity index (χ2n) is 5.36. The Morgan fingerprint density at radius 1 is 1.20 bits per heavy atom. The van der Waals surface area contributed by atoms with E-state index in [1.807, 2.05) is 0 Å². The summed E-state index contributed by atoms with van der Waals surface area (Å²) in [5, 5.41) is 2.59. The van der Waals surface area contributed by atoms with Crippen molar-refractivity contribution in [3.05, 3.63) is 24.3 Å². The zero-order valence-corrected chi connectivity index (χ0v) is 12.9. The predicted octanol–water partition coefficient (Wildman–Crippen LogP) is 1.35. The van der Waals surface area contributed by atoms with Gasteiger partial charge >= 0.3 is 0 Å². The third-order valence-corrected chi connectivity index (χ3v) is 3.94. The summed E-state index contributed by atoms with van der Waals surface area (Å²) in [5.41, 5.74) is -0.0359. The lowest BCUT2D eigenvalue weighted by Gasteiger charge is -2.20. The number of ether oxygens (including phenoxy) is 1. The molecule has 0 bridgehead atoms. The Bertz CT molecular complexity index is 559. The Balaban J connectivity index is 2.83. The number of benzene rings is 1. The van der Waals surface area contributed by atoms with E-state index in [9.17, 15) is 13.2 Å². The molecule has 7 heteroatoms. The van der Waals surface area contributed by atoms with Gasteiger partial charge in [-0.2, -0.15) is 0 Å². The van der Waals surface area contributed by atoms with E-state index in [-0.39, 0.29) is 17.4 Å². The standard InChI is InChI=1S/C13H20N2O4S/c1-13(2,3)15-20(17,18)11-7-5-10(6-8-11)14-12(16)9-19-4/h5-8,15H,9H2,1-4H3,(H,14,16). The van der Waals surface area contributed by atoms with Crippen LogP contribution in [0.15, 0.2) is 29.2 Å². The van der Waals surface area contributed by atoms with Gasteiger partial charge < -0.3 is 10.1 Å². The Labute approximate surface area is 119 Å². The van der Waals surface area contributed by atoms with Crippen LogP contribution in [0.3, 0.4) is 0 Å². The smallest absolute Gasteiger partial charge is 0.250 e. The zero-order chi connectivity index (χ0) is 15.4. The number of amides is 1. The first kappa shape index (κ1) is 16.6. The lowest BCUT2D eigenvalue weighted by atomic mass is 10.1.